The van der Waals surface area contributed by atoms with Crippen molar-refractivity contribution < 1.29 is 9.47 Å². The van der Waals surface area contributed by atoms with E-state index in [1.165, 1.54) is 0 Å². The molecule has 1 aliphatic heterocycles. The van der Waals surface area contributed by atoms with Gasteiger partial charge < -0.3 is 9.47 Å². The molecule has 0 spiro atoms. The van der Waals surface area contributed by atoms with Crippen molar-refractivity contribution >= 4 is 0 Å². The van der Waals surface area contributed by atoms with Crippen LogP contribution in [0.4, 0.5) is 0 Å². The Balaban J connectivity index is 2.57. The van der Waals surface area contributed by atoms with E-state index in [1.54, 1.807) is 0 Å². The highest BCUT2D eigenvalue weighted by Crippen LogP contribution is 2.26. The van der Waals surface area contributed by atoms with Crippen LogP contribution in [-0.4, -0.2) is 18.0 Å². The first-order chi connectivity index (χ1) is 5.03. The smallest absolute Gasteiger partial charge is 0.163 e. The van der Waals surface area contributed by atoms with Gasteiger partial charge in [-0.15, -0.1) is 6.58 Å². The van der Waals surface area contributed by atoms with Crippen LogP contribution in [0.25, 0.3) is 0 Å². The Bertz CT molecular complexity index is 152. The third-order valence-electron chi connectivity index (χ3n) is 1.75. The maximum Gasteiger partial charge on any atom is 0.163 e. The number of ether oxygens (including phenoxy) is 2. The van der Waals surface area contributed by atoms with Crippen molar-refractivity contribution in [2.75, 3.05) is 0 Å². The maximum absolute atomic E-state index is 5.55. The molecule has 0 aromatic heterocycles. The average Bonchev–Trinajstić information content (AvgIpc) is 1.83. The Morgan fingerprint density at radius 1 is 1.45 bits per heavy atom. The van der Waals surface area contributed by atoms with Gasteiger partial charge in [0.05, 0.1) is 12.2 Å². The minimum atomic E-state index is -0.448. The van der Waals surface area contributed by atoms with E-state index in [1.807, 2.05) is 19.9 Å². The molecule has 0 N–H and O–H groups in total. The van der Waals surface area contributed by atoms with Gasteiger partial charge in [0.2, 0.25) is 0 Å². The van der Waals surface area contributed by atoms with Crippen LogP contribution in [-0.2, 0) is 9.47 Å². The molecule has 0 aromatic carbocycles. The summed E-state index contributed by atoms with van der Waals surface area (Å²) in [7, 11) is 0. The van der Waals surface area contributed by atoms with E-state index in [9.17, 15) is 0 Å². The predicted molar refractivity (Wildman–Crippen MR) is 44.3 cm³/mol. The van der Waals surface area contributed by atoms with E-state index >= 15 is 0 Å². The fourth-order valence-corrected chi connectivity index (χ4v) is 1.44. The van der Waals surface area contributed by atoms with Crippen molar-refractivity contribution in [1.82, 2.24) is 0 Å². The van der Waals surface area contributed by atoms with Gasteiger partial charge in [-0.25, -0.2) is 0 Å². The minimum absolute atomic E-state index is 0.147. The van der Waals surface area contributed by atoms with Crippen LogP contribution >= 0.6 is 0 Å². The summed E-state index contributed by atoms with van der Waals surface area (Å²) in [5, 5.41) is 0. The summed E-state index contributed by atoms with van der Waals surface area (Å²) in [5.41, 5.74) is 0. The number of hydrogen-bond donors (Lipinski definition) is 0. The first-order valence-electron chi connectivity index (χ1n) is 4.02. The summed E-state index contributed by atoms with van der Waals surface area (Å²) in [4.78, 5) is 0. The number of rotatable bonds is 1. The van der Waals surface area contributed by atoms with E-state index in [0.29, 0.717) is 0 Å². The molecular formula is C9H16O2. The van der Waals surface area contributed by atoms with Crippen molar-refractivity contribution in [2.45, 2.75) is 45.2 Å². The lowest BCUT2D eigenvalue weighted by molar-refractivity contribution is -0.286. The van der Waals surface area contributed by atoms with Crippen molar-refractivity contribution in [3.8, 4) is 0 Å². The molecule has 0 saturated carbocycles. The Morgan fingerprint density at radius 3 is 2.55 bits per heavy atom. The zero-order valence-electron chi connectivity index (χ0n) is 7.46. The lowest BCUT2D eigenvalue weighted by Crippen LogP contribution is -2.42. The molecule has 0 unspecified atom stereocenters. The monoisotopic (exact) mass is 156 g/mol. The van der Waals surface area contributed by atoms with E-state index in [4.69, 9.17) is 9.47 Å². The zero-order chi connectivity index (χ0) is 8.48. The predicted octanol–water partition coefficient (Wildman–Crippen LogP) is 2.10. The Hall–Kier alpha value is -0.340. The van der Waals surface area contributed by atoms with E-state index in [0.717, 1.165) is 6.42 Å². The standard InChI is InChI=1S/C9H16O2/c1-5-8-6-7(2)10-9(3,4)11-8/h5,7-8H,1,6H2,2-4H3/t7-,8-/m1/s1. The Morgan fingerprint density at radius 2 is 2.09 bits per heavy atom. The van der Waals surface area contributed by atoms with Gasteiger partial charge in [0.1, 0.15) is 0 Å². The molecule has 2 nitrogen and oxygen atoms in total. The van der Waals surface area contributed by atoms with Crippen LogP contribution < -0.4 is 0 Å². The van der Waals surface area contributed by atoms with Gasteiger partial charge in [-0.05, 0) is 20.8 Å². The van der Waals surface area contributed by atoms with Crippen molar-refractivity contribution in [2.24, 2.45) is 0 Å². The lowest BCUT2D eigenvalue weighted by Gasteiger charge is -2.38. The molecule has 1 fully saturated rings. The fraction of sp³-hybridized carbons (Fsp3) is 0.778. The van der Waals surface area contributed by atoms with Gasteiger partial charge in [-0.1, -0.05) is 6.08 Å². The van der Waals surface area contributed by atoms with E-state index in [-0.39, 0.29) is 12.2 Å². The second kappa shape index (κ2) is 2.95. The first kappa shape index (κ1) is 8.75. The van der Waals surface area contributed by atoms with Crippen molar-refractivity contribution in [3.63, 3.8) is 0 Å². The summed E-state index contributed by atoms with van der Waals surface area (Å²) >= 11 is 0. The van der Waals surface area contributed by atoms with Gasteiger partial charge in [0.15, 0.2) is 5.79 Å². The molecule has 1 saturated heterocycles. The molecule has 1 rings (SSSR count). The van der Waals surface area contributed by atoms with Crippen LogP contribution in [0, 0.1) is 0 Å². The van der Waals surface area contributed by atoms with Crippen molar-refractivity contribution in [3.05, 3.63) is 12.7 Å². The first-order valence-corrected chi connectivity index (χ1v) is 4.02. The number of hydrogen-bond acceptors (Lipinski definition) is 2. The highest BCUT2D eigenvalue weighted by atomic mass is 16.7. The second-order valence-corrected chi connectivity index (χ2v) is 3.46. The quantitative estimate of drug-likeness (QED) is 0.541. The molecule has 0 amide bonds. The van der Waals surface area contributed by atoms with Crippen LogP contribution in [0.1, 0.15) is 27.2 Å². The van der Waals surface area contributed by atoms with Crippen LogP contribution in [0.2, 0.25) is 0 Å². The van der Waals surface area contributed by atoms with Crippen LogP contribution in [0.5, 0.6) is 0 Å². The van der Waals surface area contributed by atoms with Crippen LogP contribution in [0.3, 0.4) is 0 Å². The van der Waals surface area contributed by atoms with Crippen LogP contribution in [0.15, 0.2) is 12.7 Å². The molecule has 0 aliphatic carbocycles. The van der Waals surface area contributed by atoms with Gasteiger partial charge in [-0.2, -0.15) is 0 Å². The molecule has 64 valence electrons. The topological polar surface area (TPSA) is 18.5 Å². The normalized spacial score (nSPS) is 36.6. The minimum Gasteiger partial charge on any atom is -0.347 e. The molecule has 0 radical (unpaired) electrons. The van der Waals surface area contributed by atoms with E-state index in [2.05, 4.69) is 13.5 Å². The Labute approximate surface area is 68.2 Å². The molecule has 2 heteroatoms. The highest BCUT2D eigenvalue weighted by molar-refractivity contribution is 4.86. The third-order valence-corrected chi connectivity index (χ3v) is 1.75. The zero-order valence-corrected chi connectivity index (χ0v) is 7.46. The summed E-state index contributed by atoms with van der Waals surface area (Å²) < 4.78 is 11.1. The van der Waals surface area contributed by atoms with Crippen molar-refractivity contribution in [1.29, 1.82) is 0 Å². The lowest BCUT2D eigenvalue weighted by atomic mass is 10.1. The maximum atomic E-state index is 5.55. The molecule has 1 aliphatic rings. The molecular weight excluding hydrogens is 140 g/mol. The average molecular weight is 156 g/mol. The molecule has 11 heavy (non-hydrogen) atoms. The molecule has 0 aromatic rings. The summed E-state index contributed by atoms with van der Waals surface area (Å²) in [6.45, 7) is 9.62. The summed E-state index contributed by atoms with van der Waals surface area (Å²) in [6.07, 6.45) is 3.16. The third kappa shape index (κ3) is 2.31. The largest absolute Gasteiger partial charge is 0.347 e. The summed E-state index contributed by atoms with van der Waals surface area (Å²) in [5.74, 6) is -0.448. The SMILES string of the molecule is C=C[C@@H]1C[C@@H](C)OC(C)(C)O1. The molecule has 2 atom stereocenters. The van der Waals surface area contributed by atoms with E-state index < -0.39 is 5.79 Å². The van der Waals surface area contributed by atoms with Gasteiger partial charge in [0, 0.05) is 6.42 Å². The Kier molecular flexibility index (Phi) is 2.35. The molecule has 1 heterocycles. The fourth-order valence-electron chi connectivity index (χ4n) is 1.44. The summed E-state index contributed by atoms with van der Waals surface area (Å²) in [6, 6.07) is 0. The van der Waals surface area contributed by atoms with Gasteiger partial charge in [-0.3, -0.25) is 0 Å². The van der Waals surface area contributed by atoms with Gasteiger partial charge in [0.25, 0.3) is 0 Å². The molecule has 0 bridgehead atoms. The second-order valence-electron chi connectivity index (χ2n) is 3.46. The van der Waals surface area contributed by atoms with Gasteiger partial charge >= 0.3 is 0 Å². The highest BCUT2D eigenvalue weighted by Gasteiger charge is 2.31.